The van der Waals surface area contributed by atoms with E-state index in [1.165, 1.54) is 0 Å². The fraction of sp³-hybridized carbons (Fsp3) is 0.500. The molecule has 0 aliphatic heterocycles. The number of hydrogen-bond acceptors (Lipinski definition) is 4. The fourth-order valence-corrected chi connectivity index (χ4v) is 1.85. The van der Waals surface area contributed by atoms with Crippen LogP contribution in [0.3, 0.4) is 0 Å². The van der Waals surface area contributed by atoms with Crippen LogP contribution >= 0.6 is 0 Å². The van der Waals surface area contributed by atoms with E-state index < -0.39 is 23.8 Å². The van der Waals surface area contributed by atoms with Gasteiger partial charge < -0.3 is 14.9 Å². The maximum absolute atomic E-state index is 11.3. The largest absolute Gasteiger partial charge is 0.478 e. The summed E-state index contributed by atoms with van der Waals surface area (Å²) in [4.78, 5) is 33.2. The number of rotatable bonds is 3. The Balaban J connectivity index is 3.20. The topological polar surface area (TPSA) is 101 Å². The summed E-state index contributed by atoms with van der Waals surface area (Å²) in [7, 11) is 1.15. The summed E-state index contributed by atoms with van der Waals surface area (Å²) in [5.41, 5.74) is -0.542. The van der Waals surface area contributed by atoms with Gasteiger partial charge in [-0.1, -0.05) is 0 Å². The minimum absolute atomic E-state index is 0.171. The standard InChI is InChI=1S/C10H12O6/c1-16-10(15)6-4-2-3-5(8(11)12)7(6)9(13)14/h6H,2-4H2,1H3,(H,11,12)(H,13,14). The second-order valence-corrected chi connectivity index (χ2v) is 3.47. The Labute approximate surface area is 91.5 Å². The molecule has 1 atom stereocenters. The summed E-state index contributed by atoms with van der Waals surface area (Å²) >= 11 is 0. The first kappa shape index (κ1) is 12.2. The van der Waals surface area contributed by atoms with Gasteiger partial charge in [0.05, 0.1) is 18.6 Å². The summed E-state index contributed by atoms with van der Waals surface area (Å²) in [5, 5.41) is 17.8. The van der Waals surface area contributed by atoms with E-state index >= 15 is 0 Å². The molecule has 1 aliphatic carbocycles. The number of hydrogen-bond donors (Lipinski definition) is 2. The van der Waals surface area contributed by atoms with E-state index in [9.17, 15) is 14.4 Å². The predicted octanol–water partition coefficient (Wildman–Crippen LogP) is 0.425. The summed E-state index contributed by atoms with van der Waals surface area (Å²) in [6, 6.07) is 0. The molecule has 0 spiro atoms. The molecule has 6 nitrogen and oxygen atoms in total. The monoisotopic (exact) mass is 228 g/mol. The molecule has 0 radical (unpaired) electrons. The molecule has 0 aromatic carbocycles. The Kier molecular flexibility index (Phi) is 3.65. The number of carboxylic acid groups (broad SMARTS) is 2. The van der Waals surface area contributed by atoms with Crippen LogP contribution in [0.5, 0.6) is 0 Å². The van der Waals surface area contributed by atoms with Crippen LogP contribution in [-0.2, 0) is 19.1 Å². The number of carbonyl (C=O) groups excluding carboxylic acids is 1. The van der Waals surface area contributed by atoms with Crippen molar-refractivity contribution >= 4 is 17.9 Å². The summed E-state index contributed by atoms with van der Waals surface area (Å²) in [6.45, 7) is 0. The third kappa shape index (κ3) is 2.21. The Morgan fingerprint density at radius 1 is 1.25 bits per heavy atom. The molecule has 0 fully saturated rings. The number of carboxylic acids is 2. The first-order valence-corrected chi connectivity index (χ1v) is 4.76. The second kappa shape index (κ2) is 4.78. The molecule has 1 aliphatic rings. The number of carbonyl (C=O) groups is 3. The van der Waals surface area contributed by atoms with Crippen LogP contribution in [-0.4, -0.2) is 35.2 Å². The van der Waals surface area contributed by atoms with E-state index in [0.29, 0.717) is 12.8 Å². The van der Waals surface area contributed by atoms with Crippen molar-refractivity contribution in [1.82, 2.24) is 0 Å². The Morgan fingerprint density at radius 2 is 1.88 bits per heavy atom. The van der Waals surface area contributed by atoms with Gasteiger partial charge in [-0.15, -0.1) is 0 Å². The van der Waals surface area contributed by atoms with Crippen molar-refractivity contribution in [3.63, 3.8) is 0 Å². The number of ether oxygens (including phenoxy) is 1. The lowest BCUT2D eigenvalue weighted by Gasteiger charge is -2.22. The lowest BCUT2D eigenvalue weighted by atomic mass is 9.82. The average Bonchev–Trinajstić information content (AvgIpc) is 2.26. The van der Waals surface area contributed by atoms with Crippen molar-refractivity contribution in [1.29, 1.82) is 0 Å². The number of esters is 1. The summed E-state index contributed by atoms with van der Waals surface area (Å²) < 4.78 is 4.47. The fourth-order valence-electron chi connectivity index (χ4n) is 1.85. The smallest absolute Gasteiger partial charge is 0.332 e. The second-order valence-electron chi connectivity index (χ2n) is 3.47. The minimum Gasteiger partial charge on any atom is -0.478 e. The van der Waals surface area contributed by atoms with Gasteiger partial charge in [-0.25, -0.2) is 9.59 Å². The van der Waals surface area contributed by atoms with Crippen molar-refractivity contribution in [2.24, 2.45) is 5.92 Å². The van der Waals surface area contributed by atoms with Gasteiger partial charge in [-0.05, 0) is 19.3 Å². The lowest BCUT2D eigenvalue weighted by molar-refractivity contribution is -0.147. The molecule has 0 aromatic rings. The van der Waals surface area contributed by atoms with Crippen LogP contribution in [0.1, 0.15) is 19.3 Å². The van der Waals surface area contributed by atoms with Crippen molar-refractivity contribution < 1.29 is 29.3 Å². The third-order valence-corrected chi connectivity index (χ3v) is 2.57. The van der Waals surface area contributed by atoms with E-state index in [1.807, 2.05) is 0 Å². The van der Waals surface area contributed by atoms with Crippen LogP contribution in [0.15, 0.2) is 11.1 Å². The zero-order valence-electron chi connectivity index (χ0n) is 8.73. The molecule has 0 bridgehead atoms. The van der Waals surface area contributed by atoms with E-state index in [2.05, 4.69) is 4.74 Å². The highest BCUT2D eigenvalue weighted by atomic mass is 16.5. The highest BCUT2D eigenvalue weighted by molar-refractivity contribution is 6.03. The SMILES string of the molecule is COC(=O)C1CCCC(C(=O)O)=C1C(=O)O. The third-order valence-electron chi connectivity index (χ3n) is 2.57. The van der Waals surface area contributed by atoms with Gasteiger partial charge in [-0.2, -0.15) is 0 Å². The van der Waals surface area contributed by atoms with Crippen LogP contribution < -0.4 is 0 Å². The maximum Gasteiger partial charge on any atom is 0.332 e. The van der Waals surface area contributed by atoms with Gasteiger partial charge in [0.25, 0.3) is 0 Å². The van der Waals surface area contributed by atoms with Gasteiger partial charge in [0.2, 0.25) is 0 Å². The molecule has 88 valence electrons. The molecule has 2 N–H and O–H groups in total. The summed E-state index contributed by atoms with van der Waals surface area (Å²) in [6.07, 6.45) is 0.952. The highest BCUT2D eigenvalue weighted by Crippen LogP contribution is 2.31. The molecule has 6 heteroatoms. The normalized spacial score (nSPS) is 20.4. The van der Waals surface area contributed by atoms with Crippen molar-refractivity contribution in [2.45, 2.75) is 19.3 Å². The lowest BCUT2D eigenvalue weighted by Crippen LogP contribution is -2.29. The number of aliphatic carboxylic acids is 2. The van der Waals surface area contributed by atoms with Gasteiger partial charge in [-0.3, -0.25) is 4.79 Å². The molecule has 0 saturated heterocycles. The summed E-state index contributed by atoms with van der Waals surface area (Å²) in [5.74, 6) is -4.32. The van der Waals surface area contributed by atoms with Crippen molar-refractivity contribution in [3.05, 3.63) is 11.1 Å². The van der Waals surface area contributed by atoms with E-state index in [4.69, 9.17) is 10.2 Å². The van der Waals surface area contributed by atoms with Gasteiger partial charge in [0.15, 0.2) is 0 Å². The molecular weight excluding hydrogens is 216 g/mol. The van der Waals surface area contributed by atoms with Crippen LogP contribution in [0.4, 0.5) is 0 Å². The van der Waals surface area contributed by atoms with Gasteiger partial charge in [0, 0.05) is 5.57 Å². The molecule has 0 amide bonds. The predicted molar refractivity (Wildman–Crippen MR) is 51.7 cm³/mol. The van der Waals surface area contributed by atoms with Crippen LogP contribution in [0, 0.1) is 5.92 Å². The first-order chi connectivity index (χ1) is 7.49. The highest BCUT2D eigenvalue weighted by Gasteiger charge is 2.36. The van der Waals surface area contributed by atoms with E-state index in [-0.39, 0.29) is 17.6 Å². The van der Waals surface area contributed by atoms with Gasteiger partial charge in [0.1, 0.15) is 0 Å². The molecule has 0 aromatic heterocycles. The van der Waals surface area contributed by atoms with Gasteiger partial charge >= 0.3 is 17.9 Å². The van der Waals surface area contributed by atoms with Crippen LogP contribution in [0.25, 0.3) is 0 Å². The first-order valence-electron chi connectivity index (χ1n) is 4.76. The minimum atomic E-state index is -1.37. The Morgan fingerprint density at radius 3 is 2.31 bits per heavy atom. The zero-order chi connectivity index (χ0) is 12.3. The number of methoxy groups -OCH3 is 1. The van der Waals surface area contributed by atoms with E-state index in [0.717, 1.165) is 7.11 Å². The zero-order valence-corrected chi connectivity index (χ0v) is 8.73. The Bertz CT molecular complexity index is 368. The maximum atomic E-state index is 11.3. The molecule has 1 unspecified atom stereocenters. The quantitative estimate of drug-likeness (QED) is 0.679. The van der Waals surface area contributed by atoms with E-state index in [1.54, 1.807) is 0 Å². The average molecular weight is 228 g/mol. The Hall–Kier alpha value is -1.85. The van der Waals surface area contributed by atoms with Crippen LogP contribution in [0.2, 0.25) is 0 Å². The van der Waals surface area contributed by atoms with Crippen molar-refractivity contribution in [3.8, 4) is 0 Å². The van der Waals surface area contributed by atoms with Crippen molar-refractivity contribution in [2.75, 3.05) is 7.11 Å². The molecule has 16 heavy (non-hydrogen) atoms. The molecule has 0 saturated carbocycles. The molecule has 0 heterocycles. The molecule has 1 rings (SSSR count). The molecular formula is C10H12O6.